The molecule has 0 amide bonds. The highest BCUT2D eigenvalue weighted by atomic mass is 19.1. The minimum atomic E-state index is -1.99. The third-order valence-electron chi connectivity index (χ3n) is 1.80. The first-order chi connectivity index (χ1) is 6.32. The summed E-state index contributed by atoms with van der Waals surface area (Å²) in [4.78, 5) is 10.3. The van der Waals surface area contributed by atoms with Crippen molar-refractivity contribution in [2.24, 2.45) is 0 Å². The van der Waals surface area contributed by atoms with Crippen molar-refractivity contribution < 1.29 is 14.3 Å². The number of carboxylic acids is 1. The number of alkyl halides is 1. The number of hydrogen-bond acceptors (Lipinski definition) is 2. The van der Waals surface area contributed by atoms with Crippen LogP contribution in [0.5, 0.6) is 0 Å². The van der Waals surface area contributed by atoms with Gasteiger partial charge in [0.15, 0.2) is 0 Å². The first-order valence-corrected chi connectivity index (χ1v) is 4.24. The molecule has 4 nitrogen and oxygen atoms in total. The van der Waals surface area contributed by atoms with Crippen molar-refractivity contribution in [3.8, 4) is 0 Å². The Morgan fingerprint density at radius 3 is 2.57 bits per heavy atom. The van der Waals surface area contributed by atoms with Crippen LogP contribution in [0.25, 0.3) is 0 Å². The van der Waals surface area contributed by atoms with Gasteiger partial charge in [0.2, 0.25) is 6.17 Å². The average Bonchev–Trinajstić information content (AvgIpc) is 2.49. The van der Waals surface area contributed by atoms with Gasteiger partial charge in [0, 0.05) is 11.8 Å². The summed E-state index contributed by atoms with van der Waals surface area (Å²) in [5.41, 5.74) is -0.191. The molecule has 1 atom stereocenters. The molecule has 78 valence electrons. The van der Waals surface area contributed by atoms with Crippen molar-refractivity contribution in [3.63, 3.8) is 0 Å². The molecule has 0 bridgehead atoms. The summed E-state index contributed by atoms with van der Waals surface area (Å²) in [6.45, 7) is 5.70. The Balaban J connectivity index is 2.94. The van der Waals surface area contributed by atoms with Crippen molar-refractivity contribution >= 4 is 5.97 Å². The number of carbonyl (C=O) groups is 1. The van der Waals surface area contributed by atoms with E-state index in [0.29, 0.717) is 0 Å². The lowest BCUT2D eigenvalue weighted by atomic mass is 10.1. The molecular formula is C9H13FN2O2. The molecule has 1 N–H and O–H groups in total. The van der Waals surface area contributed by atoms with E-state index in [9.17, 15) is 9.18 Å². The van der Waals surface area contributed by atoms with E-state index >= 15 is 0 Å². The van der Waals surface area contributed by atoms with E-state index in [2.05, 4.69) is 5.10 Å². The molecule has 0 spiro atoms. The number of halogens is 1. The average molecular weight is 200 g/mol. The molecule has 0 aliphatic heterocycles. The van der Waals surface area contributed by atoms with Crippen molar-refractivity contribution in [1.29, 1.82) is 0 Å². The molecule has 0 aliphatic rings. The zero-order valence-corrected chi connectivity index (χ0v) is 8.36. The Morgan fingerprint density at radius 2 is 2.21 bits per heavy atom. The molecule has 0 aromatic carbocycles. The van der Waals surface area contributed by atoms with Crippen LogP contribution < -0.4 is 0 Å². The largest absolute Gasteiger partial charge is 0.479 e. The molecule has 1 unspecified atom stereocenters. The standard InChI is InChI=1S/C9H13FN2O2/c1-9(2,3)12-5-6(4-11-12)7(10)8(13)14/h4-5,7H,1-3H3,(H,13,14). The molecule has 0 saturated carbocycles. The number of carboxylic acid groups (broad SMARTS) is 1. The van der Waals surface area contributed by atoms with Gasteiger partial charge in [0.25, 0.3) is 0 Å². The van der Waals surface area contributed by atoms with Crippen LogP contribution in [0.3, 0.4) is 0 Å². The molecule has 0 radical (unpaired) electrons. The van der Waals surface area contributed by atoms with Gasteiger partial charge in [0.05, 0.1) is 11.7 Å². The topological polar surface area (TPSA) is 55.1 Å². The zero-order valence-electron chi connectivity index (χ0n) is 8.36. The molecule has 0 saturated heterocycles. The van der Waals surface area contributed by atoms with Crippen LogP contribution in [0.1, 0.15) is 32.5 Å². The molecule has 1 aromatic heterocycles. The third-order valence-corrected chi connectivity index (χ3v) is 1.80. The number of rotatable bonds is 2. The fourth-order valence-electron chi connectivity index (χ4n) is 0.977. The summed E-state index contributed by atoms with van der Waals surface area (Å²) in [6, 6.07) is 0. The van der Waals surface area contributed by atoms with E-state index in [0.717, 1.165) is 0 Å². The fraction of sp³-hybridized carbons (Fsp3) is 0.556. The summed E-state index contributed by atoms with van der Waals surface area (Å²) in [7, 11) is 0. The lowest BCUT2D eigenvalue weighted by Gasteiger charge is -2.18. The Labute approximate surface area is 81.3 Å². The SMILES string of the molecule is CC(C)(C)n1cc(C(F)C(=O)O)cn1. The second kappa shape index (κ2) is 3.40. The van der Waals surface area contributed by atoms with Crippen LogP contribution in [0.4, 0.5) is 4.39 Å². The summed E-state index contributed by atoms with van der Waals surface area (Å²) < 4.78 is 14.5. The molecule has 0 aliphatic carbocycles. The van der Waals surface area contributed by atoms with Gasteiger partial charge < -0.3 is 5.11 Å². The minimum absolute atomic E-state index is 0.0763. The second-order valence-electron chi connectivity index (χ2n) is 4.09. The van der Waals surface area contributed by atoms with Crippen molar-refractivity contribution in [2.75, 3.05) is 0 Å². The molecule has 5 heteroatoms. The van der Waals surface area contributed by atoms with Gasteiger partial charge in [0.1, 0.15) is 0 Å². The van der Waals surface area contributed by atoms with E-state index in [1.165, 1.54) is 17.1 Å². The third kappa shape index (κ3) is 2.10. The van der Waals surface area contributed by atoms with Gasteiger partial charge in [-0.2, -0.15) is 5.10 Å². The van der Waals surface area contributed by atoms with Gasteiger partial charge in [-0.1, -0.05) is 0 Å². The van der Waals surface area contributed by atoms with Crippen LogP contribution >= 0.6 is 0 Å². The maximum atomic E-state index is 13.0. The van der Waals surface area contributed by atoms with Crippen LogP contribution in [-0.2, 0) is 10.3 Å². The molecule has 0 fully saturated rings. The highest BCUT2D eigenvalue weighted by Gasteiger charge is 2.22. The lowest BCUT2D eigenvalue weighted by molar-refractivity contribution is -0.143. The summed E-state index contributed by atoms with van der Waals surface area (Å²) in [5, 5.41) is 12.3. The molecule has 1 heterocycles. The number of aromatic nitrogens is 2. The van der Waals surface area contributed by atoms with Crippen molar-refractivity contribution in [2.45, 2.75) is 32.5 Å². The normalized spacial score (nSPS) is 14.0. The van der Waals surface area contributed by atoms with Crippen molar-refractivity contribution in [3.05, 3.63) is 18.0 Å². The second-order valence-corrected chi connectivity index (χ2v) is 4.09. The summed E-state index contributed by atoms with van der Waals surface area (Å²) in [5.74, 6) is -1.49. The van der Waals surface area contributed by atoms with E-state index in [4.69, 9.17) is 5.11 Å². The zero-order chi connectivity index (χ0) is 10.9. The first-order valence-electron chi connectivity index (χ1n) is 4.24. The first kappa shape index (κ1) is 10.7. The maximum absolute atomic E-state index is 13.0. The molecule has 1 rings (SSSR count). The Bertz CT molecular complexity index is 341. The van der Waals surface area contributed by atoms with Gasteiger partial charge in [-0.3, -0.25) is 4.68 Å². The van der Waals surface area contributed by atoms with E-state index in [-0.39, 0.29) is 11.1 Å². The molecule has 1 aromatic rings. The number of hydrogen-bond donors (Lipinski definition) is 1. The smallest absolute Gasteiger partial charge is 0.343 e. The monoisotopic (exact) mass is 200 g/mol. The van der Waals surface area contributed by atoms with Crippen molar-refractivity contribution in [1.82, 2.24) is 9.78 Å². The van der Waals surface area contributed by atoms with Crippen LogP contribution in [0.2, 0.25) is 0 Å². The molecular weight excluding hydrogens is 187 g/mol. The lowest BCUT2D eigenvalue weighted by Crippen LogP contribution is -2.22. The Kier molecular flexibility index (Phi) is 2.59. The van der Waals surface area contributed by atoms with E-state index in [1.54, 1.807) is 0 Å². The number of nitrogens with zero attached hydrogens (tertiary/aromatic N) is 2. The van der Waals surface area contributed by atoms with Crippen LogP contribution in [-0.4, -0.2) is 20.9 Å². The maximum Gasteiger partial charge on any atom is 0.343 e. The highest BCUT2D eigenvalue weighted by molar-refractivity contribution is 5.73. The van der Waals surface area contributed by atoms with Gasteiger partial charge >= 0.3 is 5.97 Å². The predicted molar refractivity (Wildman–Crippen MR) is 48.7 cm³/mol. The van der Waals surface area contributed by atoms with E-state index in [1.807, 2.05) is 20.8 Å². The van der Waals surface area contributed by atoms with Gasteiger partial charge in [-0.25, -0.2) is 9.18 Å². The Morgan fingerprint density at radius 1 is 1.64 bits per heavy atom. The number of aliphatic carboxylic acids is 1. The quantitative estimate of drug-likeness (QED) is 0.791. The minimum Gasteiger partial charge on any atom is -0.479 e. The summed E-state index contributed by atoms with van der Waals surface area (Å²) in [6.07, 6.45) is 0.661. The summed E-state index contributed by atoms with van der Waals surface area (Å²) >= 11 is 0. The van der Waals surface area contributed by atoms with E-state index < -0.39 is 12.1 Å². The van der Waals surface area contributed by atoms with Crippen LogP contribution in [0, 0.1) is 0 Å². The van der Waals surface area contributed by atoms with Gasteiger partial charge in [-0.05, 0) is 20.8 Å². The molecule has 14 heavy (non-hydrogen) atoms. The van der Waals surface area contributed by atoms with Crippen LogP contribution in [0.15, 0.2) is 12.4 Å². The Hall–Kier alpha value is -1.39. The fourth-order valence-corrected chi connectivity index (χ4v) is 0.977. The highest BCUT2D eigenvalue weighted by Crippen LogP contribution is 2.20. The van der Waals surface area contributed by atoms with Gasteiger partial charge in [-0.15, -0.1) is 0 Å². The predicted octanol–water partition coefficient (Wildman–Crippen LogP) is 1.73.